The van der Waals surface area contributed by atoms with Gasteiger partial charge in [0, 0.05) is 0 Å². The van der Waals surface area contributed by atoms with Crippen molar-refractivity contribution in [2.24, 2.45) is 5.73 Å². The number of hydrogen-bond donors (Lipinski definition) is 2. The van der Waals surface area contributed by atoms with E-state index >= 15 is 0 Å². The van der Waals surface area contributed by atoms with Crippen LogP contribution in [-0.2, 0) is 10.0 Å². The highest BCUT2D eigenvalue weighted by atomic mass is 35.5. The molecule has 1 rings (SSSR count). The van der Waals surface area contributed by atoms with E-state index < -0.39 is 21.4 Å². The van der Waals surface area contributed by atoms with Gasteiger partial charge in [0.25, 0.3) is 0 Å². The van der Waals surface area contributed by atoms with Gasteiger partial charge in [-0.25, -0.2) is 12.8 Å². The van der Waals surface area contributed by atoms with Crippen LogP contribution in [-0.4, -0.2) is 18.9 Å². The van der Waals surface area contributed by atoms with Crippen LogP contribution in [0.2, 0.25) is 5.02 Å². The molecule has 0 aliphatic carbocycles. The molecule has 0 aliphatic heterocycles. The summed E-state index contributed by atoms with van der Waals surface area (Å²) < 4.78 is 40.4. The average molecular weight is 339 g/mol. The molecule has 112 valence electrons. The lowest BCUT2D eigenvalue weighted by Crippen LogP contribution is -2.55. The zero-order valence-electron chi connectivity index (χ0n) is 11.1. The van der Waals surface area contributed by atoms with Crippen LogP contribution >= 0.6 is 23.8 Å². The van der Waals surface area contributed by atoms with Crippen molar-refractivity contribution in [3.63, 3.8) is 0 Å². The number of nitrogens with two attached hydrogens (primary N) is 1. The molecule has 0 heterocycles. The second kappa shape index (κ2) is 6.34. The Morgan fingerprint density at radius 2 is 2.00 bits per heavy atom. The van der Waals surface area contributed by atoms with Gasteiger partial charge in [0.05, 0.1) is 15.6 Å². The summed E-state index contributed by atoms with van der Waals surface area (Å²) in [5.41, 5.74) is 4.59. The van der Waals surface area contributed by atoms with Crippen LogP contribution in [0.3, 0.4) is 0 Å². The molecule has 0 saturated carbocycles. The summed E-state index contributed by atoms with van der Waals surface area (Å²) in [6.45, 7) is 3.52. The van der Waals surface area contributed by atoms with E-state index in [0.717, 1.165) is 12.1 Å². The van der Waals surface area contributed by atoms with E-state index in [4.69, 9.17) is 29.6 Å². The van der Waals surface area contributed by atoms with Crippen LogP contribution in [0.25, 0.3) is 0 Å². The SMILES string of the molecule is CCC(CC)(NS(=O)(=O)c1cc(F)ccc1Cl)C(N)=S. The number of halogens is 2. The number of thiocarbonyl (C=S) groups is 1. The first-order valence-electron chi connectivity index (χ1n) is 5.97. The van der Waals surface area contributed by atoms with Crippen molar-refractivity contribution in [3.8, 4) is 0 Å². The third kappa shape index (κ3) is 3.46. The topological polar surface area (TPSA) is 72.2 Å². The summed E-state index contributed by atoms with van der Waals surface area (Å²) in [7, 11) is -4.03. The third-order valence-corrected chi connectivity index (χ3v) is 5.60. The summed E-state index contributed by atoms with van der Waals surface area (Å²) in [5.74, 6) is -0.691. The maximum absolute atomic E-state index is 13.2. The molecule has 1 aromatic carbocycles. The molecule has 4 nitrogen and oxygen atoms in total. The van der Waals surface area contributed by atoms with Gasteiger partial charge in [0.1, 0.15) is 10.7 Å². The van der Waals surface area contributed by atoms with Crippen molar-refractivity contribution in [1.82, 2.24) is 4.72 Å². The summed E-state index contributed by atoms with van der Waals surface area (Å²) in [6, 6.07) is 3.13. The molecule has 0 atom stereocenters. The highest BCUT2D eigenvalue weighted by Crippen LogP contribution is 2.25. The van der Waals surface area contributed by atoms with Gasteiger partial charge in [-0.1, -0.05) is 37.7 Å². The standard InChI is InChI=1S/C12H16ClFN2O2S2/c1-3-12(4-2,11(15)19)16-20(17,18)10-7-8(14)5-6-9(10)13/h5-7,16H,3-4H2,1-2H3,(H2,15,19). The monoisotopic (exact) mass is 338 g/mol. The van der Waals surface area contributed by atoms with Gasteiger partial charge in [-0.05, 0) is 31.0 Å². The van der Waals surface area contributed by atoms with E-state index in [-0.39, 0.29) is 14.9 Å². The summed E-state index contributed by atoms with van der Waals surface area (Å²) in [5, 5.41) is -0.0667. The molecule has 0 fully saturated rings. The number of rotatable bonds is 6. The first kappa shape index (κ1) is 17.3. The Bertz CT molecular complexity index is 616. The van der Waals surface area contributed by atoms with E-state index in [9.17, 15) is 12.8 Å². The van der Waals surface area contributed by atoms with Crippen molar-refractivity contribution in [1.29, 1.82) is 0 Å². The molecular formula is C12H16ClFN2O2S2. The Kier molecular flexibility index (Phi) is 5.48. The summed E-state index contributed by atoms with van der Waals surface area (Å²) >= 11 is 10.8. The fraction of sp³-hybridized carbons (Fsp3) is 0.417. The van der Waals surface area contributed by atoms with Crippen LogP contribution in [0.15, 0.2) is 23.1 Å². The van der Waals surface area contributed by atoms with Crippen LogP contribution in [0.1, 0.15) is 26.7 Å². The van der Waals surface area contributed by atoms with Gasteiger partial charge in [-0.3, -0.25) is 0 Å². The van der Waals surface area contributed by atoms with E-state index in [0.29, 0.717) is 12.8 Å². The first-order valence-corrected chi connectivity index (χ1v) is 8.24. The maximum atomic E-state index is 13.2. The van der Waals surface area contributed by atoms with Crippen molar-refractivity contribution in [3.05, 3.63) is 29.0 Å². The van der Waals surface area contributed by atoms with Crippen LogP contribution in [0, 0.1) is 5.82 Å². The van der Waals surface area contributed by atoms with E-state index in [2.05, 4.69) is 4.72 Å². The molecule has 0 spiro atoms. The lowest BCUT2D eigenvalue weighted by Gasteiger charge is -2.31. The zero-order valence-corrected chi connectivity index (χ0v) is 13.5. The van der Waals surface area contributed by atoms with E-state index in [1.54, 1.807) is 13.8 Å². The lowest BCUT2D eigenvalue weighted by molar-refractivity contribution is 0.465. The Morgan fingerprint density at radius 1 is 1.45 bits per heavy atom. The molecule has 1 aromatic rings. The Balaban J connectivity index is 3.30. The van der Waals surface area contributed by atoms with Gasteiger partial charge in [0.2, 0.25) is 10.0 Å². The normalized spacial score (nSPS) is 12.4. The van der Waals surface area contributed by atoms with Gasteiger partial charge in [0.15, 0.2) is 0 Å². The minimum Gasteiger partial charge on any atom is -0.392 e. The maximum Gasteiger partial charge on any atom is 0.243 e. The molecule has 20 heavy (non-hydrogen) atoms. The van der Waals surface area contributed by atoms with E-state index in [1.165, 1.54) is 6.07 Å². The Morgan fingerprint density at radius 3 is 2.45 bits per heavy atom. The van der Waals surface area contributed by atoms with Crippen LogP contribution in [0.4, 0.5) is 4.39 Å². The quantitative estimate of drug-likeness (QED) is 0.782. The van der Waals surface area contributed by atoms with Crippen LogP contribution < -0.4 is 10.5 Å². The largest absolute Gasteiger partial charge is 0.392 e. The molecule has 0 bridgehead atoms. The number of benzene rings is 1. The number of hydrogen-bond acceptors (Lipinski definition) is 3. The predicted molar refractivity (Wildman–Crippen MR) is 81.8 cm³/mol. The number of sulfonamides is 1. The van der Waals surface area contributed by atoms with Gasteiger partial charge in [-0.15, -0.1) is 0 Å². The van der Waals surface area contributed by atoms with Crippen molar-refractivity contribution in [2.75, 3.05) is 0 Å². The Labute approximate surface area is 128 Å². The molecule has 8 heteroatoms. The fourth-order valence-electron chi connectivity index (χ4n) is 1.79. The van der Waals surface area contributed by atoms with Crippen LogP contribution in [0.5, 0.6) is 0 Å². The predicted octanol–water partition coefficient (Wildman–Crippen LogP) is 2.60. The highest BCUT2D eigenvalue weighted by Gasteiger charge is 2.35. The third-order valence-electron chi connectivity index (χ3n) is 3.19. The second-order valence-corrected chi connectivity index (χ2v) is 6.83. The summed E-state index contributed by atoms with van der Waals surface area (Å²) in [4.78, 5) is -0.291. The smallest absolute Gasteiger partial charge is 0.243 e. The second-order valence-electron chi connectivity index (χ2n) is 4.33. The highest BCUT2D eigenvalue weighted by molar-refractivity contribution is 7.89. The molecular weight excluding hydrogens is 323 g/mol. The molecule has 0 unspecified atom stereocenters. The van der Waals surface area contributed by atoms with Gasteiger partial charge >= 0.3 is 0 Å². The number of nitrogens with one attached hydrogen (secondary N) is 1. The fourth-order valence-corrected chi connectivity index (χ4v) is 4.23. The molecule has 0 aliphatic rings. The molecule has 0 saturated heterocycles. The zero-order chi connectivity index (χ0) is 15.6. The van der Waals surface area contributed by atoms with Gasteiger partial charge in [-0.2, -0.15) is 4.72 Å². The minimum atomic E-state index is -4.03. The Hall–Kier alpha value is -0.760. The van der Waals surface area contributed by atoms with Crippen molar-refractivity contribution in [2.45, 2.75) is 37.1 Å². The molecule has 3 N–H and O–H groups in total. The lowest BCUT2D eigenvalue weighted by atomic mass is 9.94. The molecule has 0 aromatic heterocycles. The van der Waals surface area contributed by atoms with Crippen molar-refractivity contribution >= 4 is 38.8 Å². The molecule has 0 amide bonds. The van der Waals surface area contributed by atoms with E-state index in [1.807, 2.05) is 0 Å². The van der Waals surface area contributed by atoms with Crippen molar-refractivity contribution < 1.29 is 12.8 Å². The van der Waals surface area contributed by atoms with Gasteiger partial charge < -0.3 is 5.73 Å². The molecule has 0 radical (unpaired) electrons. The first-order chi connectivity index (χ1) is 9.18. The average Bonchev–Trinajstić information content (AvgIpc) is 2.38. The minimum absolute atomic E-state index is 0.0404. The summed E-state index contributed by atoms with van der Waals surface area (Å²) in [6.07, 6.45) is 0.760.